The predicted molar refractivity (Wildman–Crippen MR) is 66.4 cm³/mol. The number of hydrogen-bond acceptors (Lipinski definition) is 3. The van der Waals surface area contributed by atoms with Crippen LogP contribution in [0.25, 0.3) is 0 Å². The van der Waals surface area contributed by atoms with Gasteiger partial charge in [0.1, 0.15) is 11.8 Å². The number of carboxylic acids is 1. The highest BCUT2D eigenvalue weighted by Gasteiger charge is 2.16. The predicted octanol–water partition coefficient (Wildman–Crippen LogP) is 1.66. The number of hydrogen-bond donors (Lipinski definition) is 2. The minimum Gasteiger partial charge on any atom is -0.493 e. The van der Waals surface area contributed by atoms with Crippen LogP contribution >= 0.6 is 0 Å². The van der Waals surface area contributed by atoms with E-state index in [2.05, 4.69) is 0 Å². The SMILES string of the molecule is CCOc1c(CC(N)C(=O)O)ccc(C)c1C. The Balaban J connectivity index is 3.06. The average Bonchev–Trinajstić information content (AvgIpc) is 2.28. The van der Waals surface area contributed by atoms with Crippen LogP contribution in [0.2, 0.25) is 0 Å². The molecule has 1 rings (SSSR count). The van der Waals surface area contributed by atoms with E-state index in [0.29, 0.717) is 6.61 Å². The van der Waals surface area contributed by atoms with Gasteiger partial charge in [-0.25, -0.2) is 0 Å². The first-order valence-electron chi connectivity index (χ1n) is 5.67. The maximum Gasteiger partial charge on any atom is 0.320 e. The lowest BCUT2D eigenvalue weighted by atomic mass is 9.99. The van der Waals surface area contributed by atoms with E-state index in [0.717, 1.165) is 22.4 Å². The molecule has 0 radical (unpaired) electrons. The molecule has 0 aliphatic rings. The van der Waals surface area contributed by atoms with Crippen LogP contribution in [0.5, 0.6) is 5.75 Å². The third-order valence-corrected chi connectivity index (χ3v) is 2.80. The van der Waals surface area contributed by atoms with Gasteiger partial charge in [0.25, 0.3) is 0 Å². The molecule has 3 N–H and O–H groups in total. The van der Waals surface area contributed by atoms with E-state index in [-0.39, 0.29) is 6.42 Å². The number of carbonyl (C=O) groups is 1. The van der Waals surface area contributed by atoms with E-state index < -0.39 is 12.0 Å². The fraction of sp³-hybridized carbons (Fsp3) is 0.462. The first kappa shape index (κ1) is 13.5. The summed E-state index contributed by atoms with van der Waals surface area (Å²) in [6, 6.07) is 2.95. The zero-order chi connectivity index (χ0) is 13.0. The molecule has 0 saturated carbocycles. The van der Waals surface area contributed by atoms with Crippen LogP contribution in [-0.2, 0) is 11.2 Å². The van der Waals surface area contributed by atoms with Crippen LogP contribution in [0.4, 0.5) is 0 Å². The number of carboxylic acid groups (broad SMARTS) is 1. The lowest BCUT2D eigenvalue weighted by Crippen LogP contribution is -2.32. The van der Waals surface area contributed by atoms with E-state index >= 15 is 0 Å². The second-order valence-electron chi connectivity index (χ2n) is 4.08. The zero-order valence-electron chi connectivity index (χ0n) is 10.5. The molecular weight excluding hydrogens is 218 g/mol. The molecule has 1 atom stereocenters. The summed E-state index contributed by atoms with van der Waals surface area (Å²) in [5.74, 6) is -0.227. The van der Waals surface area contributed by atoms with Gasteiger partial charge in [0.15, 0.2) is 0 Å². The number of rotatable bonds is 5. The van der Waals surface area contributed by atoms with E-state index in [4.69, 9.17) is 15.6 Å². The summed E-state index contributed by atoms with van der Waals surface area (Å²) in [6.07, 6.45) is 0.284. The molecule has 0 spiro atoms. The standard InChI is InChI=1S/C13H19NO3/c1-4-17-12-9(3)8(2)5-6-10(12)7-11(14)13(15)16/h5-6,11H,4,7,14H2,1-3H3,(H,15,16). The molecule has 0 saturated heterocycles. The van der Waals surface area contributed by atoms with Crippen molar-refractivity contribution in [3.8, 4) is 5.75 Å². The van der Waals surface area contributed by atoms with Gasteiger partial charge in [0, 0.05) is 6.42 Å². The summed E-state index contributed by atoms with van der Waals surface area (Å²) >= 11 is 0. The smallest absolute Gasteiger partial charge is 0.320 e. The second kappa shape index (κ2) is 5.68. The summed E-state index contributed by atoms with van der Waals surface area (Å²) in [7, 11) is 0. The molecule has 1 aromatic carbocycles. The van der Waals surface area contributed by atoms with Gasteiger partial charge in [-0.2, -0.15) is 0 Å². The molecule has 94 valence electrons. The number of aryl methyl sites for hydroxylation is 1. The Kier molecular flexibility index (Phi) is 4.52. The molecule has 4 heteroatoms. The van der Waals surface area contributed by atoms with Gasteiger partial charge >= 0.3 is 5.97 Å². The van der Waals surface area contributed by atoms with Crippen LogP contribution in [0.3, 0.4) is 0 Å². The number of nitrogens with two attached hydrogens (primary N) is 1. The topological polar surface area (TPSA) is 72.5 Å². The van der Waals surface area contributed by atoms with Crippen molar-refractivity contribution in [3.63, 3.8) is 0 Å². The number of aliphatic carboxylic acids is 1. The minimum atomic E-state index is -0.995. The molecule has 0 aliphatic heterocycles. The van der Waals surface area contributed by atoms with Crippen molar-refractivity contribution in [1.82, 2.24) is 0 Å². The molecule has 1 aromatic rings. The Morgan fingerprint density at radius 1 is 1.47 bits per heavy atom. The minimum absolute atomic E-state index is 0.284. The van der Waals surface area contributed by atoms with E-state index in [1.807, 2.05) is 32.9 Å². The number of benzene rings is 1. The summed E-state index contributed by atoms with van der Waals surface area (Å²) in [5.41, 5.74) is 8.57. The molecule has 4 nitrogen and oxygen atoms in total. The van der Waals surface area contributed by atoms with E-state index in [9.17, 15) is 4.79 Å². The maximum absolute atomic E-state index is 10.8. The Bertz CT molecular complexity index is 415. The summed E-state index contributed by atoms with van der Waals surface area (Å²) in [5, 5.41) is 8.82. The molecule has 0 aromatic heterocycles. The highest BCUT2D eigenvalue weighted by Crippen LogP contribution is 2.27. The van der Waals surface area contributed by atoms with Gasteiger partial charge in [0.05, 0.1) is 6.61 Å². The monoisotopic (exact) mass is 237 g/mol. The molecule has 1 unspecified atom stereocenters. The third kappa shape index (κ3) is 3.20. The Labute approximate surface area is 101 Å². The van der Waals surface area contributed by atoms with Gasteiger partial charge < -0.3 is 15.6 Å². The third-order valence-electron chi connectivity index (χ3n) is 2.80. The largest absolute Gasteiger partial charge is 0.493 e. The van der Waals surface area contributed by atoms with Gasteiger partial charge in [-0.15, -0.1) is 0 Å². The number of ether oxygens (including phenoxy) is 1. The zero-order valence-corrected chi connectivity index (χ0v) is 10.5. The van der Waals surface area contributed by atoms with Gasteiger partial charge in [-0.1, -0.05) is 12.1 Å². The first-order chi connectivity index (χ1) is 7.97. The van der Waals surface area contributed by atoms with Crippen LogP contribution in [0, 0.1) is 13.8 Å². The summed E-state index contributed by atoms with van der Waals surface area (Å²) in [6.45, 7) is 6.43. The molecule has 0 bridgehead atoms. The van der Waals surface area contributed by atoms with E-state index in [1.165, 1.54) is 0 Å². The van der Waals surface area contributed by atoms with Crippen LogP contribution in [0.1, 0.15) is 23.6 Å². The summed E-state index contributed by atoms with van der Waals surface area (Å²) in [4.78, 5) is 10.8. The average molecular weight is 237 g/mol. The molecule has 0 aliphatic carbocycles. The van der Waals surface area contributed by atoms with Crippen molar-refractivity contribution >= 4 is 5.97 Å². The van der Waals surface area contributed by atoms with Gasteiger partial charge in [-0.3, -0.25) is 4.79 Å². The Morgan fingerprint density at radius 2 is 2.12 bits per heavy atom. The van der Waals surface area contributed by atoms with Crippen molar-refractivity contribution in [2.24, 2.45) is 5.73 Å². The highest BCUT2D eigenvalue weighted by molar-refractivity contribution is 5.73. The first-order valence-corrected chi connectivity index (χ1v) is 5.67. The van der Waals surface area contributed by atoms with Crippen molar-refractivity contribution in [2.75, 3.05) is 6.61 Å². The lowest BCUT2D eigenvalue weighted by molar-refractivity contribution is -0.138. The molecule has 0 amide bonds. The normalized spacial score (nSPS) is 12.2. The Hall–Kier alpha value is -1.55. The highest BCUT2D eigenvalue weighted by atomic mass is 16.5. The Morgan fingerprint density at radius 3 is 2.65 bits per heavy atom. The molecule has 17 heavy (non-hydrogen) atoms. The van der Waals surface area contributed by atoms with Crippen molar-refractivity contribution < 1.29 is 14.6 Å². The van der Waals surface area contributed by atoms with Crippen LogP contribution in [-0.4, -0.2) is 23.7 Å². The fourth-order valence-electron chi connectivity index (χ4n) is 1.68. The van der Waals surface area contributed by atoms with Crippen molar-refractivity contribution in [2.45, 2.75) is 33.2 Å². The maximum atomic E-state index is 10.8. The van der Waals surface area contributed by atoms with Crippen LogP contribution < -0.4 is 10.5 Å². The van der Waals surface area contributed by atoms with Gasteiger partial charge in [-0.05, 0) is 37.5 Å². The van der Waals surface area contributed by atoms with Gasteiger partial charge in [0.2, 0.25) is 0 Å². The molecule has 0 heterocycles. The fourth-order valence-corrected chi connectivity index (χ4v) is 1.68. The van der Waals surface area contributed by atoms with Crippen molar-refractivity contribution in [1.29, 1.82) is 0 Å². The summed E-state index contributed by atoms with van der Waals surface area (Å²) < 4.78 is 5.58. The van der Waals surface area contributed by atoms with Crippen molar-refractivity contribution in [3.05, 3.63) is 28.8 Å². The quantitative estimate of drug-likeness (QED) is 0.816. The van der Waals surface area contributed by atoms with E-state index in [1.54, 1.807) is 0 Å². The lowest BCUT2D eigenvalue weighted by Gasteiger charge is -2.16. The molecule has 0 fully saturated rings. The second-order valence-corrected chi connectivity index (χ2v) is 4.08. The van der Waals surface area contributed by atoms with Crippen LogP contribution in [0.15, 0.2) is 12.1 Å². The molecular formula is C13H19NO3.